The summed E-state index contributed by atoms with van der Waals surface area (Å²) < 4.78 is 0. The van der Waals surface area contributed by atoms with Crippen molar-refractivity contribution in [2.24, 2.45) is 5.41 Å². The normalized spacial score (nSPS) is 11.1. The molecule has 0 aliphatic heterocycles. The van der Waals surface area contributed by atoms with E-state index < -0.39 is 23.1 Å². The van der Waals surface area contributed by atoms with E-state index in [4.69, 9.17) is 10.2 Å². The van der Waals surface area contributed by atoms with Crippen LogP contribution >= 0.6 is 0 Å². The maximum absolute atomic E-state index is 12.1. The summed E-state index contributed by atoms with van der Waals surface area (Å²) in [5.41, 5.74) is -1.14. The molecule has 2 N–H and O–H groups in total. The highest BCUT2D eigenvalue weighted by Crippen LogP contribution is 2.24. The number of benzene rings is 1. The molecule has 0 radical (unpaired) electrons. The monoisotopic (exact) mass is 250 g/mol. The van der Waals surface area contributed by atoms with Crippen molar-refractivity contribution in [2.45, 2.75) is 20.8 Å². The fraction of sp³-hybridized carbons (Fsp3) is 0.308. The number of rotatable bonds is 3. The summed E-state index contributed by atoms with van der Waals surface area (Å²) in [5, 5.41) is 17.9. The molecule has 0 fully saturated rings. The summed E-state index contributed by atoms with van der Waals surface area (Å²) in [6, 6.07) is 3.43. The zero-order chi connectivity index (χ0) is 14.1. The van der Waals surface area contributed by atoms with Gasteiger partial charge in [-0.3, -0.25) is 4.79 Å². The molecule has 0 spiro atoms. The van der Waals surface area contributed by atoms with Crippen molar-refractivity contribution in [3.8, 4) is 0 Å². The molecule has 96 valence electrons. The minimum absolute atomic E-state index is 0.0742. The van der Waals surface area contributed by atoms with E-state index >= 15 is 0 Å². The SMILES string of the molecule is CC(C)(C)C(=O)c1cc(C(=O)O)ccc1C(=O)O. The Morgan fingerprint density at radius 2 is 1.50 bits per heavy atom. The summed E-state index contributed by atoms with van der Waals surface area (Å²) in [4.78, 5) is 34.0. The van der Waals surface area contributed by atoms with Gasteiger partial charge in [-0.1, -0.05) is 20.8 Å². The van der Waals surface area contributed by atoms with Crippen LogP contribution in [0.15, 0.2) is 18.2 Å². The summed E-state index contributed by atoms with van der Waals surface area (Å²) >= 11 is 0. The van der Waals surface area contributed by atoms with E-state index in [1.54, 1.807) is 20.8 Å². The lowest BCUT2D eigenvalue weighted by atomic mass is 9.84. The van der Waals surface area contributed by atoms with Gasteiger partial charge in [0.15, 0.2) is 5.78 Å². The Kier molecular flexibility index (Phi) is 3.55. The van der Waals surface area contributed by atoms with Gasteiger partial charge in [-0.05, 0) is 18.2 Å². The van der Waals surface area contributed by atoms with Gasteiger partial charge in [-0.15, -0.1) is 0 Å². The Hall–Kier alpha value is -2.17. The number of carboxylic acid groups (broad SMARTS) is 2. The molecule has 5 nitrogen and oxygen atoms in total. The third-order valence-electron chi connectivity index (χ3n) is 2.42. The van der Waals surface area contributed by atoms with Crippen LogP contribution in [0.3, 0.4) is 0 Å². The van der Waals surface area contributed by atoms with Crippen molar-refractivity contribution in [1.29, 1.82) is 0 Å². The molecule has 0 saturated carbocycles. The van der Waals surface area contributed by atoms with Crippen LogP contribution in [0, 0.1) is 5.41 Å². The molecule has 0 aliphatic carbocycles. The number of carbonyl (C=O) groups is 3. The van der Waals surface area contributed by atoms with Crippen molar-refractivity contribution in [2.75, 3.05) is 0 Å². The van der Waals surface area contributed by atoms with Crippen molar-refractivity contribution >= 4 is 17.7 Å². The van der Waals surface area contributed by atoms with Crippen LogP contribution in [-0.4, -0.2) is 27.9 Å². The molecule has 1 aromatic rings. The van der Waals surface area contributed by atoms with Gasteiger partial charge in [-0.2, -0.15) is 0 Å². The lowest BCUT2D eigenvalue weighted by Gasteiger charge is -2.18. The smallest absolute Gasteiger partial charge is 0.336 e. The molecule has 0 atom stereocenters. The second-order valence-electron chi connectivity index (χ2n) is 4.95. The van der Waals surface area contributed by atoms with Gasteiger partial charge >= 0.3 is 11.9 Å². The van der Waals surface area contributed by atoms with Gasteiger partial charge in [0.1, 0.15) is 0 Å². The Morgan fingerprint density at radius 1 is 0.944 bits per heavy atom. The highest BCUT2D eigenvalue weighted by Gasteiger charge is 2.27. The number of hydrogen-bond acceptors (Lipinski definition) is 3. The minimum atomic E-state index is -1.25. The van der Waals surface area contributed by atoms with Gasteiger partial charge in [0.2, 0.25) is 0 Å². The summed E-state index contributed by atoms with van der Waals surface area (Å²) in [5.74, 6) is -2.85. The Balaban J connectivity index is 3.46. The topological polar surface area (TPSA) is 91.7 Å². The lowest BCUT2D eigenvalue weighted by Crippen LogP contribution is -2.23. The van der Waals surface area contributed by atoms with E-state index in [-0.39, 0.29) is 16.7 Å². The summed E-state index contributed by atoms with van der Waals surface area (Å²) in [6.07, 6.45) is 0. The molecule has 18 heavy (non-hydrogen) atoms. The summed E-state index contributed by atoms with van der Waals surface area (Å²) in [7, 11) is 0. The number of Topliss-reactive ketones (excluding diaryl/α,β-unsaturated/α-hetero) is 1. The molecule has 0 bridgehead atoms. The van der Waals surface area contributed by atoms with Crippen LogP contribution < -0.4 is 0 Å². The van der Waals surface area contributed by atoms with Gasteiger partial charge < -0.3 is 10.2 Å². The highest BCUT2D eigenvalue weighted by molar-refractivity contribution is 6.09. The third kappa shape index (κ3) is 2.74. The first-order valence-electron chi connectivity index (χ1n) is 5.30. The first-order chi connectivity index (χ1) is 8.14. The molecule has 0 aliphatic rings. The molecule has 0 saturated heterocycles. The molecule has 0 unspecified atom stereocenters. The van der Waals surface area contributed by atoms with Crippen LogP contribution in [-0.2, 0) is 0 Å². The highest BCUT2D eigenvalue weighted by atomic mass is 16.4. The predicted octanol–water partition coefficient (Wildman–Crippen LogP) is 2.31. The van der Waals surface area contributed by atoms with Gasteiger partial charge in [-0.25, -0.2) is 9.59 Å². The van der Waals surface area contributed by atoms with Crippen molar-refractivity contribution < 1.29 is 24.6 Å². The number of aromatic carboxylic acids is 2. The average Bonchev–Trinajstić information content (AvgIpc) is 2.25. The number of carboxylic acids is 2. The van der Waals surface area contributed by atoms with E-state index in [2.05, 4.69) is 0 Å². The van der Waals surface area contributed by atoms with Crippen LogP contribution in [0.25, 0.3) is 0 Å². The zero-order valence-corrected chi connectivity index (χ0v) is 10.4. The lowest BCUT2D eigenvalue weighted by molar-refractivity contribution is 0.0676. The fourth-order valence-corrected chi connectivity index (χ4v) is 1.46. The molecule has 1 rings (SSSR count). The number of hydrogen-bond donors (Lipinski definition) is 2. The molecule has 0 heterocycles. The van der Waals surface area contributed by atoms with Crippen LogP contribution in [0.2, 0.25) is 0 Å². The van der Waals surface area contributed by atoms with Crippen LogP contribution in [0.1, 0.15) is 51.8 Å². The molecule has 0 aromatic heterocycles. The van der Waals surface area contributed by atoms with Gasteiger partial charge in [0.05, 0.1) is 11.1 Å². The van der Waals surface area contributed by atoms with Gasteiger partial charge in [0.25, 0.3) is 0 Å². The van der Waals surface area contributed by atoms with E-state index in [0.29, 0.717) is 0 Å². The maximum atomic E-state index is 12.1. The van der Waals surface area contributed by atoms with Crippen LogP contribution in [0.4, 0.5) is 0 Å². The number of carbonyl (C=O) groups excluding carboxylic acids is 1. The Morgan fingerprint density at radius 3 is 1.89 bits per heavy atom. The third-order valence-corrected chi connectivity index (χ3v) is 2.42. The molecule has 0 amide bonds. The quantitative estimate of drug-likeness (QED) is 0.803. The molecular weight excluding hydrogens is 236 g/mol. The minimum Gasteiger partial charge on any atom is -0.478 e. The van der Waals surface area contributed by atoms with Crippen molar-refractivity contribution in [3.05, 3.63) is 34.9 Å². The van der Waals surface area contributed by atoms with Gasteiger partial charge in [0, 0.05) is 11.0 Å². The maximum Gasteiger partial charge on any atom is 0.336 e. The van der Waals surface area contributed by atoms with E-state index in [9.17, 15) is 14.4 Å². The average molecular weight is 250 g/mol. The standard InChI is InChI=1S/C13H14O5/c1-13(2,3)10(14)9-6-7(11(15)16)4-5-8(9)12(17)18/h4-6H,1-3H3,(H,15,16)(H,17,18). The fourth-order valence-electron chi connectivity index (χ4n) is 1.46. The first-order valence-corrected chi connectivity index (χ1v) is 5.30. The number of ketones is 1. The molecular formula is C13H14O5. The Bertz CT molecular complexity index is 523. The molecule has 5 heteroatoms. The van der Waals surface area contributed by atoms with E-state index in [0.717, 1.165) is 12.1 Å². The second-order valence-corrected chi connectivity index (χ2v) is 4.95. The summed E-state index contributed by atoms with van der Waals surface area (Å²) in [6.45, 7) is 4.94. The second kappa shape index (κ2) is 4.60. The van der Waals surface area contributed by atoms with E-state index in [1.165, 1.54) is 6.07 Å². The zero-order valence-electron chi connectivity index (χ0n) is 10.4. The van der Waals surface area contributed by atoms with Crippen molar-refractivity contribution in [3.63, 3.8) is 0 Å². The largest absolute Gasteiger partial charge is 0.478 e. The van der Waals surface area contributed by atoms with E-state index in [1.807, 2.05) is 0 Å². The molecule has 1 aromatic carbocycles. The Labute approximate surface area is 104 Å². The van der Waals surface area contributed by atoms with Crippen molar-refractivity contribution in [1.82, 2.24) is 0 Å². The first kappa shape index (κ1) is 13.9. The predicted molar refractivity (Wildman–Crippen MR) is 64.1 cm³/mol. The van der Waals surface area contributed by atoms with Crippen LogP contribution in [0.5, 0.6) is 0 Å².